The molecule has 0 radical (unpaired) electrons. The lowest BCUT2D eigenvalue weighted by Crippen LogP contribution is -2.52. The summed E-state index contributed by atoms with van der Waals surface area (Å²) >= 11 is 0. The van der Waals surface area contributed by atoms with E-state index in [1.165, 1.54) is 0 Å². The lowest BCUT2D eigenvalue weighted by Gasteiger charge is -2.28. The lowest BCUT2D eigenvalue weighted by molar-refractivity contribution is -0.175. The molecule has 0 aliphatic heterocycles. The number of rotatable bonds is 6. The third kappa shape index (κ3) is 4.65. The second-order valence-electron chi connectivity index (χ2n) is 4.81. The van der Waals surface area contributed by atoms with Gasteiger partial charge in [-0.1, -0.05) is 6.42 Å². The molecule has 0 aromatic heterocycles. The molecule has 1 aliphatic rings. The van der Waals surface area contributed by atoms with Gasteiger partial charge in [0, 0.05) is 6.61 Å². The fraction of sp³-hybridized carbons (Fsp3) is 0.917. The van der Waals surface area contributed by atoms with Crippen LogP contribution in [0.4, 0.5) is 13.2 Å². The first-order chi connectivity index (χ1) is 8.79. The molecule has 0 bridgehead atoms. The van der Waals surface area contributed by atoms with Gasteiger partial charge in [-0.15, -0.1) is 0 Å². The highest BCUT2D eigenvalue weighted by molar-refractivity contribution is 5.81. The van der Waals surface area contributed by atoms with Gasteiger partial charge in [0.15, 0.2) is 0 Å². The number of carbonyl (C=O) groups excluding carboxylic acids is 1. The van der Waals surface area contributed by atoms with Crippen molar-refractivity contribution in [3.63, 3.8) is 0 Å². The van der Waals surface area contributed by atoms with Crippen molar-refractivity contribution in [1.29, 1.82) is 0 Å². The molecule has 0 aromatic rings. The number of alkyl halides is 3. The number of halogens is 3. The van der Waals surface area contributed by atoms with Crippen molar-refractivity contribution in [3.05, 3.63) is 0 Å². The fourth-order valence-electron chi connectivity index (χ4n) is 2.45. The predicted molar refractivity (Wildman–Crippen MR) is 62.4 cm³/mol. The molecule has 2 unspecified atom stereocenters. The molecule has 1 fully saturated rings. The van der Waals surface area contributed by atoms with Crippen LogP contribution in [0.3, 0.4) is 0 Å². The van der Waals surface area contributed by atoms with Crippen molar-refractivity contribution in [2.24, 2.45) is 11.7 Å². The van der Waals surface area contributed by atoms with E-state index in [4.69, 9.17) is 10.5 Å². The Kier molecular flexibility index (Phi) is 5.61. The van der Waals surface area contributed by atoms with Crippen molar-refractivity contribution in [2.75, 3.05) is 19.8 Å². The van der Waals surface area contributed by atoms with Crippen molar-refractivity contribution in [3.8, 4) is 0 Å². The normalized spacial score (nSPS) is 27.5. The van der Waals surface area contributed by atoms with Gasteiger partial charge in [0.25, 0.3) is 0 Å². The van der Waals surface area contributed by atoms with Crippen molar-refractivity contribution < 1.29 is 27.4 Å². The van der Waals surface area contributed by atoms with Crippen LogP contribution < -0.4 is 5.73 Å². The Bertz CT molecular complexity index is 309. The number of ether oxygens (including phenoxy) is 2. The van der Waals surface area contributed by atoms with Crippen LogP contribution in [0, 0.1) is 5.92 Å². The Hall–Kier alpha value is -0.820. The molecule has 19 heavy (non-hydrogen) atoms. The van der Waals surface area contributed by atoms with Crippen molar-refractivity contribution in [2.45, 2.75) is 44.3 Å². The molecule has 0 heterocycles. The molecule has 2 N–H and O–H groups in total. The largest absolute Gasteiger partial charge is 0.465 e. The van der Waals surface area contributed by atoms with Crippen LogP contribution in [0.25, 0.3) is 0 Å². The minimum Gasteiger partial charge on any atom is -0.465 e. The highest BCUT2D eigenvalue weighted by atomic mass is 19.4. The van der Waals surface area contributed by atoms with Crippen LogP contribution in [-0.2, 0) is 14.3 Å². The smallest absolute Gasteiger partial charge is 0.411 e. The van der Waals surface area contributed by atoms with Gasteiger partial charge in [0.1, 0.15) is 12.1 Å². The Morgan fingerprint density at radius 3 is 2.74 bits per heavy atom. The van der Waals surface area contributed by atoms with Gasteiger partial charge in [-0.05, 0) is 32.1 Å². The van der Waals surface area contributed by atoms with E-state index >= 15 is 0 Å². The number of hydrogen-bond donors (Lipinski definition) is 1. The zero-order valence-corrected chi connectivity index (χ0v) is 11.0. The van der Waals surface area contributed by atoms with Crippen LogP contribution in [0.15, 0.2) is 0 Å². The van der Waals surface area contributed by atoms with Crippen LogP contribution in [0.5, 0.6) is 0 Å². The summed E-state index contributed by atoms with van der Waals surface area (Å²) in [5.41, 5.74) is 4.98. The Morgan fingerprint density at radius 1 is 1.47 bits per heavy atom. The molecule has 112 valence electrons. The molecular weight excluding hydrogens is 263 g/mol. The summed E-state index contributed by atoms with van der Waals surface area (Å²) in [4.78, 5) is 11.8. The van der Waals surface area contributed by atoms with E-state index in [-0.39, 0.29) is 19.1 Å². The summed E-state index contributed by atoms with van der Waals surface area (Å²) in [6.07, 6.45) is -1.98. The summed E-state index contributed by atoms with van der Waals surface area (Å²) in [6.45, 7) is 0.617. The number of nitrogens with two attached hydrogens (primary N) is 1. The molecule has 0 aromatic carbocycles. The van der Waals surface area contributed by atoms with Gasteiger partial charge >= 0.3 is 12.1 Å². The average Bonchev–Trinajstić information content (AvgIpc) is 2.67. The van der Waals surface area contributed by atoms with Gasteiger partial charge in [-0.3, -0.25) is 4.79 Å². The molecule has 1 rings (SSSR count). The quantitative estimate of drug-likeness (QED) is 0.598. The Balaban J connectivity index is 2.42. The molecule has 0 amide bonds. The van der Waals surface area contributed by atoms with Gasteiger partial charge in [0.2, 0.25) is 0 Å². The van der Waals surface area contributed by atoms with Gasteiger partial charge in [0.05, 0.1) is 6.61 Å². The maximum absolute atomic E-state index is 11.9. The van der Waals surface area contributed by atoms with E-state index in [0.717, 1.165) is 6.42 Å². The van der Waals surface area contributed by atoms with Crippen LogP contribution in [0.2, 0.25) is 0 Å². The van der Waals surface area contributed by atoms with E-state index in [1.54, 1.807) is 6.92 Å². The molecule has 2 atom stereocenters. The molecule has 1 aliphatic carbocycles. The first kappa shape index (κ1) is 16.2. The molecule has 4 nitrogen and oxygen atoms in total. The molecule has 1 saturated carbocycles. The maximum atomic E-state index is 11.9. The molecule has 7 heteroatoms. The average molecular weight is 283 g/mol. The summed E-state index contributed by atoms with van der Waals surface area (Å²) in [7, 11) is 0. The van der Waals surface area contributed by atoms with Crippen molar-refractivity contribution >= 4 is 5.97 Å². The monoisotopic (exact) mass is 283 g/mol. The van der Waals surface area contributed by atoms with Gasteiger partial charge < -0.3 is 15.2 Å². The van der Waals surface area contributed by atoms with Gasteiger partial charge in [-0.2, -0.15) is 13.2 Å². The summed E-state index contributed by atoms with van der Waals surface area (Å²) in [5, 5.41) is 0. The molecule has 0 saturated heterocycles. The summed E-state index contributed by atoms with van der Waals surface area (Å²) < 4.78 is 45.2. The van der Waals surface area contributed by atoms with E-state index in [0.29, 0.717) is 19.3 Å². The Labute approximate surface area is 110 Å². The number of carbonyl (C=O) groups is 1. The third-order valence-corrected chi connectivity index (χ3v) is 3.40. The second-order valence-corrected chi connectivity index (χ2v) is 4.81. The standard InChI is InChI=1S/C12H20F3NO3/c1-2-19-10(17)11(16)6-3-4-9(11)5-7-18-8-12(13,14)15/h9H,2-8,16H2,1H3. The lowest BCUT2D eigenvalue weighted by atomic mass is 9.86. The van der Waals surface area contributed by atoms with Crippen molar-refractivity contribution in [1.82, 2.24) is 0 Å². The third-order valence-electron chi connectivity index (χ3n) is 3.40. The minimum atomic E-state index is -4.32. The highest BCUT2D eigenvalue weighted by Gasteiger charge is 2.46. The second kappa shape index (κ2) is 6.56. The zero-order valence-electron chi connectivity index (χ0n) is 11.0. The van der Waals surface area contributed by atoms with Gasteiger partial charge in [-0.25, -0.2) is 0 Å². The SMILES string of the molecule is CCOC(=O)C1(N)CCCC1CCOCC(F)(F)F. The number of esters is 1. The van der Waals surface area contributed by atoms with E-state index in [1.807, 2.05) is 0 Å². The summed E-state index contributed by atoms with van der Waals surface area (Å²) in [5.74, 6) is -0.645. The molecule has 0 spiro atoms. The van der Waals surface area contributed by atoms with E-state index in [9.17, 15) is 18.0 Å². The zero-order chi connectivity index (χ0) is 14.5. The molecular formula is C12H20F3NO3. The topological polar surface area (TPSA) is 61.5 Å². The van der Waals surface area contributed by atoms with Crippen LogP contribution in [0.1, 0.15) is 32.6 Å². The minimum absolute atomic E-state index is 0.0530. The summed E-state index contributed by atoms with van der Waals surface area (Å²) in [6, 6.07) is 0. The van der Waals surface area contributed by atoms with Crippen LogP contribution >= 0.6 is 0 Å². The first-order valence-corrected chi connectivity index (χ1v) is 6.40. The first-order valence-electron chi connectivity index (χ1n) is 6.40. The highest BCUT2D eigenvalue weighted by Crippen LogP contribution is 2.37. The van der Waals surface area contributed by atoms with E-state index in [2.05, 4.69) is 4.74 Å². The maximum Gasteiger partial charge on any atom is 0.411 e. The van der Waals surface area contributed by atoms with E-state index < -0.39 is 24.3 Å². The number of hydrogen-bond acceptors (Lipinski definition) is 4. The predicted octanol–water partition coefficient (Wildman–Crippen LogP) is 2.02. The fourth-order valence-corrected chi connectivity index (χ4v) is 2.45. The Morgan fingerprint density at radius 2 is 2.16 bits per heavy atom. The van der Waals surface area contributed by atoms with Crippen LogP contribution in [-0.4, -0.2) is 37.5 Å².